The van der Waals surface area contributed by atoms with Crippen LogP contribution < -0.4 is 5.14 Å². The first-order valence-electron chi connectivity index (χ1n) is 7.69. The molecule has 0 aromatic heterocycles. The van der Waals surface area contributed by atoms with E-state index in [-0.39, 0.29) is 15.7 Å². The Morgan fingerprint density at radius 3 is 1.90 bits per heavy atom. The fourth-order valence-electron chi connectivity index (χ4n) is 3.13. The van der Waals surface area contributed by atoms with Crippen LogP contribution in [0.25, 0.3) is 0 Å². The predicted octanol–water partition coefficient (Wildman–Crippen LogP) is 4.22. The van der Waals surface area contributed by atoms with Crippen molar-refractivity contribution < 1.29 is 8.42 Å². The van der Waals surface area contributed by atoms with Crippen LogP contribution in [0.4, 0.5) is 0 Å². The number of hydrogen-bond donors (Lipinski definition) is 1. The van der Waals surface area contributed by atoms with Crippen molar-refractivity contribution in [3.8, 4) is 0 Å². The maximum atomic E-state index is 11.4. The molecule has 1 rings (SSSR count). The molecule has 0 saturated carbocycles. The van der Waals surface area contributed by atoms with Gasteiger partial charge in [0.25, 0.3) is 0 Å². The summed E-state index contributed by atoms with van der Waals surface area (Å²) in [5.74, 6) is 0.952. The zero-order valence-electron chi connectivity index (χ0n) is 14.3. The smallest absolute Gasteiger partial charge is 0.225 e. The number of rotatable bonds is 4. The second kappa shape index (κ2) is 6.25. The zero-order valence-corrected chi connectivity index (χ0v) is 15.1. The van der Waals surface area contributed by atoms with Crippen molar-refractivity contribution in [2.24, 2.45) is 27.8 Å². The van der Waals surface area contributed by atoms with Crippen LogP contribution in [-0.4, -0.2) is 8.42 Å². The normalized spacial score (nSPS) is 20.8. The van der Waals surface area contributed by atoms with Crippen molar-refractivity contribution in [1.82, 2.24) is 0 Å². The lowest BCUT2D eigenvalue weighted by atomic mass is 9.70. The fourth-order valence-corrected chi connectivity index (χ4v) is 3.72. The van der Waals surface area contributed by atoms with Crippen molar-refractivity contribution in [3.63, 3.8) is 0 Å². The second-order valence-corrected chi connectivity index (χ2v) is 10.3. The van der Waals surface area contributed by atoms with E-state index >= 15 is 0 Å². The van der Waals surface area contributed by atoms with Gasteiger partial charge in [0.15, 0.2) is 0 Å². The Balaban J connectivity index is 2.88. The molecule has 1 aliphatic carbocycles. The summed E-state index contributed by atoms with van der Waals surface area (Å²) in [7, 11) is -3.57. The van der Waals surface area contributed by atoms with Crippen LogP contribution in [0.2, 0.25) is 0 Å². The minimum Gasteiger partial charge on any atom is -0.225 e. The van der Waals surface area contributed by atoms with Gasteiger partial charge in [0, 0.05) is 0 Å². The van der Waals surface area contributed by atoms with Gasteiger partial charge in [-0.2, -0.15) is 0 Å². The zero-order chi connectivity index (χ0) is 16.5. The molecule has 4 heteroatoms. The molecule has 0 saturated heterocycles. The minimum absolute atomic E-state index is 0.254. The van der Waals surface area contributed by atoms with Gasteiger partial charge in [0.1, 0.15) is 0 Å². The summed E-state index contributed by atoms with van der Waals surface area (Å²) in [5, 5.41) is 5.19. The van der Waals surface area contributed by atoms with E-state index in [4.69, 9.17) is 5.14 Å². The summed E-state index contributed by atoms with van der Waals surface area (Å²) in [6.45, 7) is 13.6. The summed E-state index contributed by atoms with van der Waals surface area (Å²) >= 11 is 0. The SMILES string of the molecule is CC(C)(C)CC(CC(C)(C)C)C1C=CC(S(N)(=O)=O)=CC1. The van der Waals surface area contributed by atoms with Gasteiger partial charge < -0.3 is 0 Å². The van der Waals surface area contributed by atoms with Crippen molar-refractivity contribution in [3.05, 3.63) is 23.1 Å². The highest BCUT2D eigenvalue weighted by molar-refractivity contribution is 7.93. The van der Waals surface area contributed by atoms with E-state index < -0.39 is 10.0 Å². The third kappa shape index (κ3) is 6.79. The molecule has 0 spiro atoms. The molecule has 0 aromatic carbocycles. The highest BCUT2D eigenvalue weighted by atomic mass is 32.2. The summed E-state index contributed by atoms with van der Waals surface area (Å²) in [5.41, 5.74) is 0.543. The molecule has 1 atom stereocenters. The van der Waals surface area contributed by atoms with Gasteiger partial charge in [-0.15, -0.1) is 0 Å². The molecule has 122 valence electrons. The molecule has 0 fully saturated rings. The molecule has 1 aliphatic rings. The van der Waals surface area contributed by atoms with E-state index in [2.05, 4.69) is 41.5 Å². The van der Waals surface area contributed by atoms with E-state index in [1.54, 1.807) is 12.2 Å². The molecule has 0 bridgehead atoms. The topological polar surface area (TPSA) is 60.2 Å². The molecule has 0 heterocycles. The van der Waals surface area contributed by atoms with Crippen LogP contribution in [0, 0.1) is 22.7 Å². The first kappa shape index (κ1) is 18.4. The Morgan fingerprint density at radius 1 is 1.14 bits per heavy atom. The quantitative estimate of drug-likeness (QED) is 0.844. The van der Waals surface area contributed by atoms with Gasteiger partial charge in [0.05, 0.1) is 4.91 Å². The highest BCUT2D eigenvalue weighted by Crippen LogP contribution is 2.40. The van der Waals surface area contributed by atoms with Gasteiger partial charge in [-0.05, 0) is 48.0 Å². The van der Waals surface area contributed by atoms with Crippen LogP contribution in [0.15, 0.2) is 23.1 Å². The van der Waals surface area contributed by atoms with Crippen molar-refractivity contribution in [2.45, 2.75) is 60.8 Å². The molecule has 2 N–H and O–H groups in total. The molecule has 0 aromatic rings. The van der Waals surface area contributed by atoms with E-state index in [1.165, 1.54) is 0 Å². The van der Waals surface area contributed by atoms with E-state index in [1.807, 2.05) is 6.08 Å². The van der Waals surface area contributed by atoms with Crippen LogP contribution in [-0.2, 0) is 10.0 Å². The highest BCUT2D eigenvalue weighted by Gasteiger charge is 2.30. The van der Waals surface area contributed by atoms with Gasteiger partial charge in [-0.25, -0.2) is 13.6 Å². The molecular weight excluding hydrogens is 282 g/mol. The Bertz CT molecular complexity index is 500. The Morgan fingerprint density at radius 2 is 1.62 bits per heavy atom. The second-order valence-electron chi connectivity index (χ2n) is 8.70. The van der Waals surface area contributed by atoms with Crippen molar-refractivity contribution in [2.75, 3.05) is 0 Å². The largest absolute Gasteiger partial charge is 0.237 e. The van der Waals surface area contributed by atoms with Gasteiger partial charge in [-0.3, -0.25) is 0 Å². The number of nitrogens with two attached hydrogens (primary N) is 1. The van der Waals surface area contributed by atoms with Crippen LogP contribution in [0.1, 0.15) is 60.8 Å². The lowest BCUT2D eigenvalue weighted by Crippen LogP contribution is -2.26. The maximum Gasteiger partial charge on any atom is 0.237 e. The maximum absolute atomic E-state index is 11.4. The van der Waals surface area contributed by atoms with Gasteiger partial charge in [-0.1, -0.05) is 53.7 Å². The Labute approximate surface area is 130 Å². The average Bonchev–Trinajstić information content (AvgIpc) is 2.23. The third-order valence-corrected chi connectivity index (χ3v) is 4.74. The lowest BCUT2D eigenvalue weighted by molar-refractivity contribution is 0.181. The molecule has 0 amide bonds. The Kier molecular flexibility index (Phi) is 5.49. The number of hydrogen-bond acceptors (Lipinski definition) is 2. The molecule has 0 aliphatic heterocycles. The predicted molar refractivity (Wildman–Crippen MR) is 90.1 cm³/mol. The standard InChI is InChI=1S/C17H31NO2S/c1-16(2,3)11-14(12-17(4,5)6)13-7-9-15(10-8-13)21(18,19)20/h7,9-10,13-14H,8,11-12H2,1-6H3,(H2,18,19,20). The van der Waals surface area contributed by atoms with Crippen molar-refractivity contribution in [1.29, 1.82) is 0 Å². The fraction of sp³-hybridized carbons (Fsp3) is 0.765. The van der Waals surface area contributed by atoms with Crippen molar-refractivity contribution >= 4 is 10.0 Å². The molecule has 3 nitrogen and oxygen atoms in total. The molecule has 1 unspecified atom stereocenters. The first-order valence-corrected chi connectivity index (χ1v) is 9.24. The summed E-state index contributed by atoms with van der Waals surface area (Å²) < 4.78 is 22.8. The molecular formula is C17H31NO2S. The summed E-state index contributed by atoms with van der Waals surface area (Å²) in [6, 6.07) is 0. The lowest BCUT2D eigenvalue weighted by Gasteiger charge is -2.35. The van der Waals surface area contributed by atoms with E-state index in [0.717, 1.165) is 19.3 Å². The third-order valence-electron chi connectivity index (χ3n) is 3.78. The number of primary sulfonamides is 1. The van der Waals surface area contributed by atoms with Crippen LogP contribution in [0.5, 0.6) is 0 Å². The minimum atomic E-state index is -3.57. The monoisotopic (exact) mass is 313 g/mol. The van der Waals surface area contributed by atoms with E-state index in [9.17, 15) is 8.42 Å². The average molecular weight is 314 g/mol. The van der Waals surface area contributed by atoms with E-state index in [0.29, 0.717) is 11.8 Å². The van der Waals surface area contributed by atoms with Crippen LogP contribution in [0.3, 0.4) is 0 Å². The molecule has 21 heavy (non-hydrogen) atoms. The van der Waals surface area contributed by atoms with Gasteiger partial charge in [0.2, 0.25) is 10.0 Å². The molecule has 0 radical (unpaired) electrons. The first-order chi connectivity index (χ1) is 9.28. The van der Waals surface area contributed by atoms with Crippen LogP contribution >= 0.6 is 0 Å². The summed E-state index contributed by atoms with van der Waals surface area (Å²) in [6.07, 6.45) is 8.54. The number of sulfonamides is 1. The number of allylic oxidation sites excluding steroid dienone is 3. The summed E-state index contributed by atoms with van der Waals surface area (Å²) in [4.78, 5) is 0.254. The van der Waals surface area contributed by atoms with Gasteiger partial charge >= 0.3 is 0 Å². The Hall–Kier alpha value is -0.610.